The number of nitrogens with one attached hydrogen (secondary N) is 1. The standard InChI is InChI=1S/C19H20F2N4O/c1-23-19(24-11-15-6-4-13(10-22)8-16(15)20)25(2)12-14-5-7-18(26-3)17(21)9-14/h4-9H,11-12H2,1-3H3,(H,23,24). The quantitative estimate of drug-likeness (QED) is 0.659. The van der Waals surface area contributed by atoms with Crippen molar-refractivity contribution >= 4 is 5.96 Å². The van der Waals surface area contributed by atoms with Crippen LogP contribution in [0.5, 0.6) is 5.75 Å². The molecule has 2 aromatic carbocycles. The van der Waals surface area contributed by atoms with Crippen molar-refractivity contribution in [3.05, 3.63) is 64.7 Å². The molecule has 1 N–H and O–H groups in total. The van der Waals surface area contributed by atoms with Crippen LogP contribution in [0.15, 0.2) is 41.4 Å². The second kappa shape index (κ2) is 8.81. The smallest absolute Gasteiger partial charge is 0.193 e. The van der Waals surface area contributed by atoms with E-state index in [1.54, 1.807) is 43.3 Å². The van der Waals surface area contributed by atoms with Gasteiger partial charge in [0.2, 0.25) is 0 Å². The van der Waals surface area contributed by atoms with E-state index >= 15 is 0 Å². The maximum Gasteiger partial charge on any atom is 0.193 e. The van der Waals surface area contributed by atoms with Crippen LogP contribution in [-0.2, 0) is 13.1 Å². The number of methoxy groups -OCH3 is 1. The van der Waals surface area contributed by atoms with Crippen LogP contribution in [0.25, 0.3) is 0 Å². The summed E-state index contributed by atoms with van der Waals surface area (Å²) in [5.74, 6) is -0.159. The normalized spacial score (nSPS) is 11.0. The fourth-order valence-corrected chi connectivity index (χ4v) is 2.48. The molecule has 0 amide bonds. The third kappa shape index (κ3) is 4.70. The molecule has 2 rings (SSSR count). The lowest BCUT2D eigenvalue weighted by Crippen LogP contribution is -2.38. The molecule has 26 heavy (non-hydrogen) atoms. The molecule has 7 heteroatoms. The van der Waals surface area contributed by atoms with Gasteiger partial charge in [0.1, 0.15) is 5.82 Å². The summed E-state index contributed by atoms with van der Waals surface area (Å²) < 4.78 is 32.7. The highest BCUT2D eigenvalue weighted by Crippen LogP contribution is 2.18. The number of aliphatic imine (C=N–C) groups is 1. The highest BCUT2D eigenvalue weighted by Gasteiger charge is 2.11. The van der Waals surface area contributed by atoms with Crippen LogP contribution >= 0.6 is 0 Å². The summed E-state index contributed by atoms with van der Waals surface area (Å²) in [6, 6.07) is 11.0. The van der Waals surface area contributed by atoms with Crippen LogP contribution in [0.3, 0.4) is 0 Å². The summed E-state index contributed by atoms with van der Waals surface area (Å²) in [6.45, 7) is 0.627. The van der Waals surface area contributed by atoms with E-state index < -0.39 is 11.6 Å². The van der Waals surface area contributed by atoms with Crippen LogP contribution in [-0.4, -0.2) is 32.1 Å². The van der Waals surface area contributed by atoms with E-state index in [1.807, 2.05) is 6.07 Å². The lowest BCUT2D eigenvalue weighted by molar-refractivity contribution is 0.385. The minimum atomic E-state index is -0.452. The highest BCUT2D eigenvalue weighted by molar-refractivity contribution is 5.79. The van der Waals surface area contributed by atoms with Gasteiger partial charge in [0.15, 0.2) is 17.5 Å². The summed E-state index contributed by atoms with van der Waals surface area (Å²) in [5, 5.41) is 11.8. The summed E-state index contributed by atoms with van der Waals surface area (Å²) in [4.78, 5) is 5.95. The monoisotopic (exact) mass is 358 g/mol. The second-order valence-electron chi connectivity index (χ2n) is 5.64. The van der Waals surface area contributed by atoms with Gasteiger partial charge >= 0.3 is 0 Å². The van der Waals surface area contributed by atoms with Crippen LogP contribution in [0, 0.1) is 23.0 Å². The minimum absolute atomic E-state index is 0.190. The summed E-state index contributed by atoms with van der Waals surface area (Å²) in [6.07, 6.45) is 0. The van der Waals surface area contributed by atoms with Gasteiger partial charge in [-0.3, -0.25) is 4.99 Å². The van der Waals surface area contributed by atoms with Crippen LogP contribution in [0.4, 0.5) is 8.78 Å². The molecule has 0 heterocycles. The zero-order valence-electron chi connectivity index (χ0n) is 14.9. The van der Waals surface area contributed by atoms with E-state index in [2.05, 4.69) is 10.3 Å². The average molecular weight is 358 g/mol. The van der Waals surface area contributed by atoms with E-state index in [0.717, 1.165) is 5.56 Å². The lowest BCUT2D eigenvalue weighted by atomic mass is 10.1. The molecule has 0 fully saturated rings. The maximum absolute atomic E-state index is 14.0. The van der Waals surface area contributed by atoms with Gasteiger partial charge < -0.3 is 15.0 Å². The summed E-state index contributed by atoms with van der Waals surface area (Å²) >= 11 is 0. The molecular weight excluding hydrogens is 338 g/mol. The zero-order chi connectivity index (χ0) is 19.1. The van der Waals surface area contributed by atoms with Crippen LogP contribution < -0.4 is 10.1 Å². The van der Waals surface area contributed by atoms with Gasteiger partial charge in [-0.15, -0.1) is 0 Å². The number of hydrogen-bond acceptors (Lipinski definition) is 3. The summed E-state index contributed by atoms with van der Waals surface area (Å²) in [5.41, 5.74) is 1.45. The maximum atomic E-state index is 14.0. The Morgan fingerprint density at radius 2 is 2.00 bits per heavy atom. The number of guanidine groups is 1. The summed E-state index contributed by atoms with van der Waals surface area (Å²) in [7, 11) is 4.83. The van der Waals surface area contributed by atoms with Crippen molar-refractivity contribution in [1.82, 2.24) is 10.2 Å². The molecule has 0 aromatic heterocycles. The van der Waals surface area contributed by atoms with Gasteiger partial charge in [-0.05, 0) is 29.8 Å². The molecule has 0 saturated carbocycles. The van der Waals surface area contributed by atoms with Crippen molar-refractivity contribution in [3.63, 3.8) is 0 Å². The van der Waals surface area contributed by atoms with Crippen molar-refractivity contribution in [2.75, 3.05) is 21.2 Å². The fourth-order valence-electron chi connectivity index (χ4n) is 2.48. The van der Waals surface area contributed by atoms with E-state index in [9.17, 15) is 8.78 Å². The fraction of sp³-hybridized carbons (Fsp3) is 0.263. The first-order chi connectivity index (χ1) is 12.5. The SMILES string of the molecule is CN=C(NCc1ccc(C#N)cc1F)N(C)Cc1ccc(OC)c(F)c1. The van der Waals surface area contributed by atoms with Crippen molar-refractivity contribution in [2.24, 2.45) is 4.99 Å². The van der Waals surface area contributed by atoms with Crippen molar-refractivity contribution < 1.29 is 13.5 Å². The Morgan fingerprint density at radius 3 is 2.58 bits per heavy atom. The number of rotatable bonds is 5. The third-order valence-electron chi connectivity index (χ3n) is 3.83. The Balaban J connectivity index is 2.02. The van der Waals surface area contributed by atoms with Crippen LogP contribution in [0.2, 0.25) is 0 Å². The third-order valence-corrected chi connectivity index (χ3v) is 3.83. The molecule has 0 bridgehead atoms. The highest BCUT2D eigenvalue weighted by atomic mass is 19.1. The zero-order valence-corrected chi connectivity index (χ0v) is 14.9. The van der Waals surface area contributed by atoms with E-state index in [1.165, 1.54) is 19.2 Å². The van der Waals surface area contributed by atoms with Crippen molar-refractivity contribution in [1.29, 1.82) is 5.26 Å². The lowest BCUT2D eigenvalue weighted by Gasteiger charge is -2.22. The molecule has 0 atom stereocenters. The topological polar surface area (TPSA) is 60.7 Å². The van der Waals surface area contributed by atoms with Crippen molar-refractivity contribution in [3.8, 4) is 11.8 Å². The Kier molecular flexibility index (Phi) is 6.50. The average Bonchev–Trinajstić information content (AvgIpc) is 2.63. The largest absolute Gasteiger partial charge is 0.494 e. The van der Waals surface area contributed by atoms with Gasteiger partial charge in [0, 0.05) is 32.7 Å². The van der Waals surface area contributed by atoms with Gasteiger partial charge in [0.05, 0.1) is 18.7 Å². The number of nitriles is 1. The number of hydrogen-bond donors (Lipinski definition) is 1. The van der Waals surface area contributed by atoms with Crippen molar-refractivity contribution in [2.45, 2.75) is 13.1 Å². The Labute approximate surface area is 151 Å². The van der Waals surface area contributed by atoms with Gasteiger partial charge in [0.25, 0.3) is 0 Å². The van der Waals surface area contributed by atoms with E-state index in [-0.39, 0.29) is 17.9 Å². The molecule has 0 aliphatic heterocycles. The number of ether oxygens (including phenoxy) is 1. The van der Waals surface area contributed by atoms with Crippen LogP contribution in [0.1, 0.15) is 16.7 Å². The Hall–Kier alpha value is -3.14. The van der Waals surface area contributed by atoms with Gasteiger partial charge in [-0.1, -0.05) is 12.1 Å². The molecule has 0 aliphatic carbocycles. The molecule has 2 aromatic rings. The Morgan fingerprint density at radius 1 is 1.23 bits per heavy atom. The van der Waals surface area contributed by atoms with E-state index in [4.69, 9.17) is 10.00 Å². The first kappa shape index (κ1) is 19.2. The molecule has 5 nitrogen and oxygen atoms in total. The number of nitrogens with zero attached hydrogens (tertiary/aromatic N) is 3. The molecule has 0 radical (unpaired) electrons. The first-order valence-corrected chi connectivity index (χ1v) is 7.91. The molecule has 0 unspecified atom stereocenters. The Bertz CT molecular complexity index is 846. The van der Waals surface area contributed by atoms with Gasteiger partial charge in [-0.2, -0.15) is 5.26 Å². The molecule has 0 saturated heterocycles. The molecule has 0 spiro atoms. The molecule has 0 aliphatic rings. The first-order valence-electron chi connectivity index (χ1n) is 7.91. The second-order valence-corrected chi connectivity index (χ2v) is 5.64. The van der Waals surface area contributed by atoms with Gasteiger partial charge in [-0.25, -0.2) is 8.78 Å². The molecular formula is C19H20F2N4O. The molecule has 136 valence electrons. The number of benzene rings is 2. The minimum Gasteiger partial charge on any atom is -0.494 e. The predicted octanol–water partition coefficient (Wildman–Crippen LogP) is 3.05. The van der Waals surface area contributed by atoms with E-state index in [0.29, 0.717) is 18.1 Å². The predicted molar refractivity (Wildman–Crippen MR) is 95.7 cm³/mol. The number of halogens is 2.